The number of rotatable bonds is 11. The average Bonchev–Trinajstić information content (AvgIpc) is 3.09. The van der Waals surface area contributed by atoms with E-state index >= 15 is 0 Å². The Bertz CT molecular complexity index is 1650. The number of hydrogen-bond donors (Lipinski definition) is 0. The molecule has 4 heterocycles. The largest absolute Gasteiger partial charge is 0.619 e. The van der Waals surface area contributed by atoms with Gasteiger partial charge in [-0.25, -0.2) is 4.98 Å². The highest BCUT2D eigenvalue weighted by Gasteiger charge is 2.44. The molecule has 2 aromatic carbocycles. The summed E-state index contributed by atoms with van der Waals surface area (Å²) >= 11 is 0. The minimum Gasteiger partial charge on any atom is -0.619 e. The van der Waals surface area contributed by atoms with Crippen LogP contribution >= 0.6 is 24.8 Å². The summed E-state index contributed by atoms with van der Waals surface area (Å²) in [6, 6.07) is 21.5. The minimum absolute atomic E-state index is 0. The predicted octanol–water partition coefficient (Wildman–Crippen LogP) is 4.39. The van der Waals surface area contributed by atoms with Crippen molar-refractivity contribution in [2.75, 3.05) is 46.4 Å². The third-order valence-corrected chi connectivity index (χ3v) is 8.86. The number of piperazine rings is 2. The van der Waals surface area contributed by atoms with Gasteiger partial charge in [0.15, 0.2) is 11.9 Å². The molecule has 14 heteroatoms. The second-order valence-electron chi connectivity index (χ2n) is 12.4. The lowest BCUT2D eigenvalue weighted by molar-refractivity contribution is -0.606. The Hall–Kier alpha value is -4.23. The molecule has 2 aliphatic rings. The number of nitrogens with zero attached hydrogens (tertiary/aromatic N) is 7. The van der Waals surface area contributed by atoms with Gasteiger partial charge < -0.3 is 24.3 Å². The number of halogens is 2. The van der Waals surface area contributed by atoms with Crippen molar-refractivity contribution in [3.8, 4) is 17.8 Å². The lowest BCUT2D eigenvalue weighted by Gasteiger charge is -2.53. The molecule has 0 aliphatic carbocycles. The molecule has 6 rings (SSSR count). The van der Waals surface area contributed by atoms with Crippen molar-refractivity contribution >= 4 is 30.7 Å². The smallest absolute Gasteiger partial charge is 0.323 e. The molecule has 2 aromatic heterocycles. The van der Waals surface area contributed by atoms with Crippen LogP contribution in [0.2, 0.25) is 0 Å². The standard InChI is InChI=1S/C36H43N7O5.2ClH/c1-5-47-36-38-33(46-4)29(34(39-36)48-25(2)3)22-40-20-28-21-41(35(44)30-23-42(45)17-16-37-30)18-19-43(28)31(24-40)32(26-12-8-6-9-13-26)27-14-10-7-11-15-27;;/h6-17,23,25,28,31-32H,5,18-22,24H2,1-4H3;2*1H/t28-,31+;;/m1../s1. The highest BCUT2D eigenvalue weighted by Crippen LogP contribution is 2.37. The highest BCUT2D eigenvalue weighted by atomic mass is 35.5. The lowest BCUT2D eigenvalue weighted by atomic mass is 9.81. The Morgan fingerprint density at radius 3 is 2.22 bits per heavy atom. The summed E-state index contributed by atoms with van der Waals surface area (Å²) in [6.07, 6.45) is 3.75. The van der Waals surface area contributed by atoms with Crippen LogP contribution < -0.4 is 18.9 Å². The molecule has 0 radical (unpaired) electrons. The number of carbonyl (C=O) groups is 1. The van der Waals surface area contributed by atoms with E-state index in [4.69, 9.17) is 14.2 Å². The topological polar surface area (TPSA) is 120 Å². The van der Waals surface area contributed by atoms with Crippen molar-refractivity contribution in [2.45, 2.75) is 51.4 Å². The molecule has 2 aliphatic heterocycles. The number of methoxy groups -OCH3 is 1. The predicted molar refractivity (Wildman–Crippen MR) is 193 cm³/mol. The van der Waals surface area contributed by atoms with E-state index in [1.54, 1.807) is 7.11 Å². The number of aromatic nitrogens is 4. The summed E-state index contributed by atoms with van der Waals surface area (Å²) in [5.74, 6) is 0.668. The monoisotopic (exact) mass is 725 g/mol. The molecule has 0 saturated carbocycles. The lowest BCUT2D eigenvalue weighted by Crippen LogP contribution is -2.67. The molecule has 50 heavy (non-hydrogen) atoms. The third kappa shape index (κ3) is 8.73. The van der Waals surface area contributed by atoms with Gasteiger partial charge in [-0.2, -0.15) is 14.7 Å². The molecule has 0 N–H and O–H groups in total. The zero-order valence-electron chi connectivity index (χ0n) is 28.8. The van der Waals surface area contributed by atoms with Gasteiger partial charge in [-0.05, 0) is 31.9 Å². The quantitative estimate of drug-likeness (QED) is 0.163. The molecule has 2 atom stereocenters. The second kappa shape index (κ2) is 17.6. The van der Waals surface area contributed by atoms with Crippen LogP contribution in [0.3, 0.4) is 0 Å². The zero-order chi connectivity index (χ0) is 33.6. The van der Waals surface area contributed by atoms with Gasteiger partial charge in [0.05, 0.1) is 31.6 Å². The van der Waals surface area contributed by atoms with E-state index in [9.17, 15) is 10.0 Å². The molecule has 1 amide bonds. The number of hydrogen-bond acceptors (Lipinski definition) is 10. The van der Waals surface area contributed by atoms with Crippen LogP contribution in [-0.4, -0.2) is 100 Å². The summed E-state index contributed by atoms with van der Waals surface area (Å²) < 4.78 is 18.3. The summed E-state index contributed by atoms with van der Waals surface area (Å²) in [4.78, 5) is 33.7. The van der Waals surface area contributed by atoms with Crippen molar-refractivity contribution in [3.63, 3.8) is 0 Å². The summed E-state index contributed by atoms with van der Waals surface area (Å²) in [6.45, 7) is 9.82. The number of benzene rings is 2. The molecule has 0 spiro atoms. The fraction of sp³-hybridized carbons (Fsp3) is 0.417. The second-order valence-corrected chi connectivity index (χ2v) is 12.4. The number of ether oxygens (including phenoxy) is 3. The Morgan fingerprint density at radius 2 is 1.62 bits per heavy atom. The van der Waals surface area contributed by atoms with Gasteiger partial charge in [-0.3, -0.25) is 14.6 Å². The van der Waals surface area contributed by atoms with Gasteiger partial charge in [-0.1, -0.05) is 60.7 Å². The first kappa shape index (κ1) is 38.6. The van der Waals surface area contributed by atoms with E-state index in [1.807, 2.05) is 37.8 Å². The number of fused-ring (bicyclic) bond motifs is 1. The molecular formula is C36H45Cl2N7O5. The van der Waals surface area contributed by atoms with Crippen molar-refractivity contribution in [1.29, 1.82) is 0 Å². The molecule has 2 saturated heterocycles. The Labute approximate surface area is 305 Å². The van der Waals surface area contributed by atoms with Crippen LogP contribution in [0.25, 0.3) is 0 Å². The van der Waals surface area contributed by atoms with Crippen LogP contribution in [-0.2, 0) is 6.54 Å². The zero-order valence-corrected chi connectivity index (χ0v) is 30.4. The van der Waals surface area contributed by atoms with Crippen molar-refractivity contribution in [1.82, 2.24) is 29.7 Å². The maximum absolute atomic E-state index is 13.6. The van der Waals surface area contributed by atoms with Crippen LogP contribution in [0, 0.1) is 5.21 Å². The van der Waals surface area contributed by atoms with E-state index in [0.717, 1.165) is 12.1 Å². The van der Waals surface area contributed by atoms with Gasteiger partial charge in [0, 0.05) is 57.3 Å². The van der Waals surface area contributed by atoms with Gasteiger partial charge in [0.25, 0.3) is 5.91 Å². The van der Waals surface area contributed by atoms with Gasteiger partial charge in [0.1, 0.15) is 0 Å². The average molecular weight is 727 g/mol. The summed E-state index contributed by atoms with van der Waals surface area (Å²) in [7, 11) is 1.59. The van der Waals surface area contributed by atoms with E-state index in [-0.39, 0.29) is 66.5 Å². The summed E-state index contributed by atoms with van der Waals surface area (Å²) in [5.41, 5.74) is 3.35. The fourth-order valence-corrected chi connectivity index (χ4v) is 6.89. The van der Waals surface area contributed by atoms with Gasteiger partial charge >= 0.3 is 6.01 Å². The Kier molecular flexibility index (Phi) is 13.6. The number of amides is 1. The SMILES string of the molecule is CCOc1nc(OC)c(CN2C[C@@H]3CN(C(=O)c4c[n+]([O-])ccn4)CCN3[C@H](C(c3ccccc3)c3ccccc3)C2)c(OC(C)C)n1.Cl.Cl. The van der Waals surface area contributed by atoms with Gasteiger partial charge in [0.2, 0.25) is 18.0 Å². The Balaban J connectivity index is 0.00000281. The van der Waals surface area contributed by atoms with Crippen molar-refractivity contribution in [2.24, 2.45) is 0 Å². The highest BCUT2D eigenvalue weighted by molar-refractivity contribution is 5.91. The first-order valence-corrected chi connectivity index (χ1v) is 16.5. The van der Waals surface area contributed by atoms with Crippen LogP contribution in [0.15, 0.2) is 79.3 Å². The molecule has 12 nitrogen and oxygen atoms in total. The molecule has 2 fully saturated rings. The Morgan fingerprint density at radius 1 is 0.960 bits per heavy atom. The molecule has 268 valence electrons. The van der Waals surface area contributed by atoms with Gasteiger partial charge in [-0.15, -0.1) is 24.8 Å². The minimum atomic E-state index is -0.245. The fourth-order valence-electron chi connectivity index (χ4n) is 6.89. The normalized spacial score (nSPS) is 17.8. The first-order chi connectivity index (χ1) is 23.3. The van der Waals surface area contributed by atoms with E-state index in [1.165, 1.54) is 29.7 Å². The number of carbonyl (C=O) groups excluding carboxylic acids is 1. The van der Waals surface area contributed by atoms with E-state index in [2.05, 4.69) is 73.3 Å². The maximum Gasteiger partial charge on any atom is 0.323 e. The van der Waals surface area contributed by atoms with E-state index < -0.39 is 0 Å². The van der Waals surface area contributed by atoms with Crippen LogP contribution in [0.5, 0.6) is 17.8 Å². The maximum atomic E-state index is 13.6. The van der Waals surface area contributed by atoms with Crippen molar-refractivity contribution in [3.05, 3.63) is 107 Å². The molecule has 4 aromatic rings. The molecule has 0 unspecified atom stereocenters. The molecular weight excluding hydrogens is 681 g/mol. The first-order valence-electron chi connectivity index (χ1n) is 16.5. The van der Waals surface area contributed by atoms with Crippen LogP contribution in [0.4, 0.5) is 0 Å². The summed E-state index contributed by atoms with van der Waals surface area (Å²) in [5, 5.41) is 12.0. The molecule has 0 bridgehead atoms. The van der Waals surface area contributed by atoms with Crippen LogP contribution in [0.1, 0.15) is 53.9 Å². The van der Waals surface area contributed by atoms with E-state index in [0.29, 0.717) is 55.8 Å². The van der Waals surface area contributed by atoms with Crippen molar-refractivity contribution < 1.29 is 23.7 Å². The third-order valence-electron chi connectivity index (χ3n) is 8.86.